The Balaban J connectivity index is 2.42. The Bertz CT molecular complexity index is 414. The zero-order chi connectivity index (χ0) is 12.0. The van der Waals surface area contributed by atoms with Gasteiger partial charge in [-0.25, -0.2) is 0 Å². The van der Waals surface area contributed by atoms with Crippen molar-refractivity contribution in [3.05, 3.63) is 33.8 Å². The molecule has 3 heteroatoms. The first kappa shape index (κ1) is 12.2. The topological polar surface area (TPSA) is 20.2 Å². The molecule has 0 radical (unpaired) electrons. The lowest BCUT2D eigenvalue weighted by molar-refractivity contribution is 0.0339. The Morgan fingerprint density at radius 3 is 2.44 bits per heavy atom. The molecule has 0 amide bonds. The van der Waals surface area contributed by atoms with Gasteiger partial charge in [-0.1, -0.05) is 49.2 Å². The van der Waals surface area contributed by atoms with E-state index in [0.717, 1.165) is 24.8 Å². The highest BCUT2D eigenvalue weighted by Gasteiger charge is 2.44. The predicted molar refractivity (Wildman–Crippen MR) is 68.0 cm³/mol. The van der Waals surface area contributed by atoms with Gasteiger partial charge in [-0.15, -0.1) is 0 Å². The summed E-state index contributed by atoms with van der Waals surface area (Å²) in [6, 6.07) is 5.46. The Morgan fingerprint density at radius 1 is 1.19 bits per heavy atom. The van der Waals surface area contributed by atoms with Crippen LogP contribution in [0.25, 0.3) is 0 Å². The number of benzene rings is 1. The Hall–Kier alpha value is -0.240. The summed E-state index contributed by atoms with van der Waals surface area (Å²) in [5.41, 5.74) is 0.124. The Morgan fingerprint density at radius 2 is 1.88 bits per heavy atom. The number of rotatable bonds is 1. The van der Waals surface area contributed by atoms with Crippen molar-refractivity contribution in [1.82, 2.24) is 0 Å². The largest absolute Gasteiger partial charge is 0.385 e. The molecule has 1 saturated carbocycles. The maximum atomic E-state index is 10.7. The fraction of sp³-hybridized carbons (Fsp3) is 0.538. The Kier molecular flexibility index (Phi) is 2.98. The molecule has 1 aliphatic rings. The molecule has 1 aliphatic carbocycles. The van der Waals surface area contributed by atoms with Crippen LogP contribution < -0.4 is 0 Å². The normalized spacial score (nSPS) is 28.3. The third kappa shape index (κ3) is 2.09. The zero-order valence-corrected chi connectivity index (χ0v) is 11.1. The minimum absolute atomic E-state index is 0.167. The van der Waals surface area contributed by atoms with Crippen LogP contribution in [0.2, 0.25) is 10.0 Å². The van der Waals surface area contributed by atoms with E-state index in [0.29, 0.717) is 10.0 Å². The summed E-state index contributed by atoms with van der Waals surface area (Å²) in [4.78, 5) is 0. The third-order valence-corrected chi connectivity index (χ3v) is 4.26. The van der Waals surface area contributed by atoms with E-state index in [-0.39, 0.29) is 5.41 Å². The fourth-order valence-corrected chi connectivity index (χ4v) is 3.08. The van der Waals surface area contributed by atoms with Crippen molar-refractivity contribution >= 4 is 23.2 Å². The summed E-state index contributed by atoms with van der Waals surface area (Å²) >= 11 is 12.1. The maximum Gasteiger partial charge on any atom is 0.0916 e. The van der Waals surface area contributed by atoms with Gasteiger partial charge in [0.1, 0.15) is 0 Å². The van der Waals surface area contributed by atoms with Crippen LogP contribution in [0, 0.1) is 5.41 Å². The molecule has 0 spiro atoms. The highest BCUT2D eigenvalue weighted by Crippen LogP contribution is 2.51. The molecule has 1 nitrogen and oxygen atoms in total. The summed E-state index contributed by atoms with van der Waals surface area (Å²) in [6.45, 7) is 4.34. The van der Waals surface area contributed by atoms with E-state index < -0.39 is 5.60 Å². The molecule has 88 valence electrons. The van der Waals surface area contributed by atoms with Gasteiger partial charge in [-0.05, 0) is 30.7 Å². The van der Waals surface area contributed by atoms with E-state index in [1.165, 1.54) is 0 Å². The molecule has 1 fully saturated rings. The highest BCUT2D eigenvalue weighted by atomic mass is 35.5. The van der Waals surface area contributed by atoms with E-state index in [1.807, 2.05) is 12.1 Å². The Labute approximate surface area is 106 Å². The van der Waals surface area contributed by atoms with Crippen molar-refractivity contribution in [2.45, 2.75) is 38.7 Å². The van der Waals surface area contributed by atoms with Crippen LogP contribution in [0.1, 0.15) is 38.7 Å². The van der Waals surface area contributed by atoms with Gasteiger partial charge in [0.2, 0.25) is 0 Å². The molecule has 16 heavy (non-hydrogen) atoms. The van der Waals surface area contributed by atoms with Crippen LogP contribution >= 0.6 is 23.2 Å². The lowest BCUT2D eigenvalue weighted by atomic mass is 9.86. The molecule has 2 rings (SSSR count). The van der Waals surface area contributed by atoms with E-state index in [9.17, 15) is 5.11 Å². The van der Waals surface area contributed by atoms with Crippen molar-refractivity contribution in [1.29, 1.82) is 0 Å². The van der Waals surface area contributed by atoms with Crippen LogP contribution in [0.15, 0.2) is 18.2 Å². The van der Waals surface area contributed by atoms with Crippen LogP contribution in [-0.4, -0.2) is 5.11 Å². The average Bonchev–Trinajstić information content (AvgIpc) is 2.46. The maximum absolute atomic E-state index is 10.7. The molecule has 0 aliphatic heterocycles. The molecule has 0 bridgehead atoms. The van der Waals surface area contributed by atoms with Gasteiger partial charge < -0.3 is 5.11 Å². The lowest BCUT2D eigenvalue weighted by Crippen LogP contribution is -2.23. The minimum atomic E-state index is -0.814. The molecule has 0 heterocycles. The SMILES string of the molecule is CC1(C)CCC(O)(c2cccc(Cl)c2Cl)C1. The van der Waals surface area contributed by atoms with E-state index in [1.54, 1.807) is 6.07 Å². The van der Waals surface area contributed by atoms with Crippen molar-refractivity contribution in [2.75, 3.05) is 0 Å². The van der Waals surface area contributed by atoms with Gasteiger partial charge >= 0.3 is 0 Å². The molecular formula is C13H16Cl2O. The second-order valence-corrected chi connectivity index (χ2v) is 6.26. The molecule has 1 N–H and O–H groups in total. The van der Waals surface area contributed by atoms with Crippen molar-refractivity contribution in [3.8, 4) is 0 Å². The first-order chi connectivity index (χ1) is 7.34. The quantitative estimate of drug-likeness (QED) is 0.792. The molecule has 1 aromatic rings. The molecule has 0 aromatic heterocycles. The summed E-state index contributed by atoms with van der Waals surface area (Å²) in [5.74, 6) is 0. The van der Waals surface area contributed by atoms with Crippen LogP contribution in [0.3, 0.4) is 0 Å². The van der Waals surface area contributed by atoms with Crippen molar-refractivity contribution in [3.63, 3.8) is 0 Å². The van der Waals surface area contributed by atoms with E-state index >= 15 is 0 Å². The van der Waals surface area contributed by atoms with Crippen LogP contribution in [-0.2, 0) is 5.60 Å². The monoisotopic (exact) mass is 258 g/mol. The predicted octanol–water partition coefficient (Wildman–Crippen LogP) is 4.39. The minimum Gasteiger partial charge on any atom is -0.385 e. The number of halogens is 2. The molecular weight excluding hydrogens is 243 g/mol. The van der Waals surface area contributed by atoms with Crippen LogP contribution in [0.4, 0.5) is 0 Å². The van der Waals surface area contributed by atoms with Gasteiger partial charge in [-0.2, -0.15) is 0 Å². The highest BCUT2D eigenvalue weighted by molar-refractivity contribution is 6.42. The fourth-order valence-electron chi connectivity index (χ4n) is 2.61. The lowest BCUT2D eigenvalue weighted by Gasteiger charge is -2.26. The van der Waals surface area contributed by atoms with Crippen molar-refractivity contribution < 1.29 is 5.11 Å². The number of aliphatic hydroxyl groups is 1. The molecule has 0 saturated heterocycles. The smallest absolute Gasteiger partial charge is 0.0916 e. The first-order valence-electron chi connectivity index (χ1n) is 5.51. The van der Waals surface area contributed by atoms with Crippen molar-refractivity contribution in [2.24, 2.45) is 5.41 Å². The average molecular weight is 259 g/mol. The molecule has 1 aromatic carbocycles. The van der Waals surface area contributed by atoms with E-state index in [2.05, 4.69) is 13.8 Å². The van der Waals surface area contributed by atoms with Gasteiger partial charge in [0.15, 0.2) is 0 Å². The third-order valence-electron chi connectivity index (χ3n) is 3.44. The standard InChI is InChI=1S/C13H16Cl2O/c1-12(2)6-7-13(16,8-12)9-4-3-5-10(14)11(9)15/h3-5,16H,6-8H2,1-2H3. The summed E-state index contributed by atoms with van der Waals surface area (Å²) < 4.78 is 0. The summed E-state index contributed by atoms with van der Waals surface area (Å²) in [5, 5.41) is 11.7. The summed E-state index contributed by atoms with van der Waals surface area (Å²) in [6.07, 6.45) is 2.49. The second-order valence-electron chi connectivity index (χ2n) is 5.47. The molecule has 1 unspecified atom stereocenters. The van der Waals surface area contributed by atoms with Gasteiger partial charge in [0.05, 0.1) is 15.6 Å². The molecule has 1 atom stereocenters. The van der Waals surface area contributed by atoms with Gasteiger partial charge in [-0.3, -0.25) is 0 Å². The number of hydrogen-bond acceptors (Lipinski definition) is 1. The second kappa shape index (κ2) is 3.90. The van der Waals surface area contributed by atoms with E-state index in [4.69, 9.17) is 23.2 Å². The first-order valence-corrected chi connectivity index (χ1v) is 6.27. The summed E-state index contributed by atoms with van der Waals surface area (Å²) in [7, 11) is 0. The van der Waals surface area contributed by atoms with Crippen LogP contribution in [0.5, 0.6) is 0 Å². The zero-order valence-electron chi connectivity index (χ0n) is 9.56. The number of hydrogen-bond donors (Lipinski definition) is 1. The van der Waals surface area contributed by atoms with Gasteiger partial charge in [0, 0.05) is 5.56 Å². The van der Waals surface area contributed by atoms with Gasteiger partial charge in [0.25, 0.3) is 0 Å².